The molecule has 1 aromatic heterocycles. The van der Waals surface area contributed by atoms with Crippen molar-refractivity contribution in [1.82, 2.24) is 4.98 Å². The fourth-order valence-electron chi connectivity index (χ4n) is 6.47. The minimum Gasteiger partial charge on any atom is -0.449 e. The van der Waals surface area contributed by atoms with Gasteiger partial charge in [0, 0.05) is 56.0 Å². The monoisotopic (exact) mass is 588 g/mol. The molecule has 2 aromatic carbocycles. The molecule has 1 saturated heterocycles. The van der Waals surface area contributed by atoms with E-state index >= 15 is 0 Å². The average Bonchev–Trinajstić information content (AvgIpc) is 2.95. The average molecular weight is 589 g/mol. The van der Waals surface area contributed by atoms with Crippen LogP contribution in [0.4, 0.5) is 23.7 Å². The number of fused-ring (bicyclic) bond motifs is 1. The zero-order valence-corrected chi connectivity index (χ0v) is 23.2. The van der Waals surface area contributed by atoms with Crippen LogP contribution >= 0.6 is 11.6 Å². The van der Waals surface area contributed by atoms with E-state index in [-0.39, 0.29) is 21.3 Å². The van der Waals surface area contributed by atoms with E-state index in [1.54, 1.807) is 37.6 Å². The van der Waals surface area contributed by atoms with E-state index in [1.807, 2.05) is 12.1 Å². The number of anilines is 1. The number of amides is 1. The molecular formula is C30H30ClF3N3O4+. The van der Waals surface area contributed by atoms with Crippen LogP contribution in [0, 0.1) is 0 Å². The molecule has 1 aliphatic heterocycles. The molecule has 1 amide bonds. The van der Waals surface area contributed by atoms with Gasteiger partial charge >= 0.3 is 18.2 Å². The summed E-state index contributed by atoms with van der Waals surface area (Å²) in [6.07, 6.45) is 0.214. The van der Waals surface area contributed by atoms with Gasteiger partial charge < -0.3 is 14.7 Å². The van der Waals surface area contributed by atoms with E-state index in [4.69, 9.17) is 16.3 Å². The maximum atomic E-state index is 14.6. The Morgan fingerprint density at radius 2 is 1.78 bits per heavy atom. The van der Waals surface area contributed by atoms with Crippen molar-refractivity contribution in [2.75, 3.05) is 25.0 Å². The van der Waals surface area contributed by atoms with E-state index in [2.05, 4.69) is 9.88 Å². The third-order valence-corrected chi connectivity index (χ3v) is 8.79. The first-order valence-corrected chi connectivity index (χ1v) is 13.8. The van der Waals surface area contributed by atoms with Gasteiger partial charge in [-0.05, 0) is 54.8 Å². The van der Waals surface area contributed by atoms with Gasteiger partial charge in [-0.15, -0.1) is 0 Å². The Balaban J connectivity index is 1.61. The van der Waals surface area contributed by atoms with Crippen molar-refractivity contribution in [3.05, 3.63) is 88.2 Å². The van der Waals surface area contributed by atoms with Crippen molar-refractivity contribution >= 4 is 29.4 Å². The zero-order chi connectivity index (χ0) is 29.4. The van der Waals surface area contributed by atoms with Gasteiger partial charge in [0.25, 0.3) is 0 Å². The normalized spacial score (nSPS) is 19.2. The van der Waals surface area contributed by atoms with Gasteiger partial charge in [-0.3, -0.25) is 4.98 Å². The van der Waals surface area contributed by atoms with Crippen LogP contribution in [0.5, 0.6) is 5.75 Å². The predicted octanol–water partition coefficient (Wildman–Crippen LogP) is 7.14. The number of ether oxygens (including phenoxy) is 1. The zero-order valence-electron chi connectivity index (χ0n) is 22.4. The third-order valence-electron chi connectivity index (χ3n) is 8.47. The van der Waals surface area contributed by atoms with Gasteiger partial charge in [-0.2, -0.15) is 13.2 Å². The number of carbonyl (C=O) groups is 2. The maximum absolute atomic E-state index is 14.6. The number of pyridine rings is 1. The number of halogens is 4. The molecule has 2 aliphatic rings. The van der Waals surface area contributed by atoms with Crippen molar-refractivity contribution in [2.45, 2.75) is 50.4 Å². The van der Waals surface area contributed by atoms with E-state index in [1.165, 1.54) is 12.1 Å². The van der Waals surface area contributed by atoms with E-state index in [0.717, 1.165) is 23.7 Å². The van der Waals surface area contributed by atoms with Gasteiger partial charge in [0.2, 0.25) is 0 Å². The first-order chi connectivity index (χ1) is 19.5. The minimum atomic E-state index is -4.78. The number of piperidine rings is 1. The second-order valence-corrected chi connectivity index (χ2v) is 11.1. The Hall–Kier alpha value is -3.63. The van der Waals surface area contributed by atoms with Crippen LogP contribution in [0.1, 0.15) is 58.8 Å². The molecule has 0 saturated carbocycles. The number of alkyl halides is 3. The molecule has 7 nitrogen and oxygen atoms in total. The van der Waals surface area contributed by atoms with Gasteiger partial charge in [0.05, 0.1) is 23.7 Å². The molecule has 41 heavy (non-hydrogen) atoms. The van der Waals surface area contributed by atoms with Crippen molar-refractivity contribution in [1.29, 1.82) is 0 Å². The largest absolute Gasteiger partial charge is 0.511 e. The second kappa shape index (κ2) is 11.3. The van der Waals surface area contributed by atoms with E-state index in [0.29, 0.717) is 44.3 Å². The van der Waals surface area contributed by atoms with Crippen LogP contribution in [0.3, 0.4) is 0 Å². The van der Waals surface area contributed by atoms with Crippen molar-refractivity contribution in [3.63, 3.8) is 0 Å². The summed E-state index contributed by atoms with van der Waals surface area (Å²) in [5.74, 6) is -0.601. The smallest absolute Gasteiger partial charge is 0.449 e. The summed E-state index contributed by atoms with van der Waals surface area (Å²) in [7, 11) is 1.71. The van der Waals surface area contributed by atoms with Crippen molar-refractivity contribution in [3.8, 4) is 5.75 Å². The number of hydrogen-bond donors (Lipinski definition) is 1. The molecule has 1 aliphatic carbocycles. The quantitative estimate of drug-likeness (QED) is 0.194. The Kier molecular flexibility index (Phi) is 7.98. The Morgan fingerprint density at radius 1 is 1.07 bits per heavy atom. The number of carbonyl (C=O) groups excluding carboxylic acids is 1. The lowest BCUT2D eigenvalue weighted by Gasteiger charge is -2.49. The molecule has 2 unspecified atom stereocenters. The summed E-state index contributed by atoms with van der Waals surface area (Å²) in [6, 6.07) is 11.3. The Morgan fingerprint density at radius 3 is 2.44 bits per heavy atom. The molecule has 3 aromatic rings. The second-order valence-electron chi connectivity index (χ2n) is 10.7. The van der Waals surface area contributed by atoms with Gasteiger partial charge in [-0.25, -0.2) is 14.1 Å². The first kappa shape index (κ1) is 28.9. The summed E-state index contributed by atoms with van der Waals surface area (Å²) in [5, 5.41) is 8.94. The summed E-state index contributed by atoms with van der Waals surface area (Å²) in [4.78, 5) is 32.1. The third kappa shape index (κ3) is 5.63. The molecule has 1 fully saturated rings. The number of benzene rings is 2. The molecule has 2 heterocycles. The molecule has 2 atom stereocenters. The molecule has 0 radical (unpaired) electrons. The fraction of sp³-hybridized carbons (Fsp3) is 0.367. The fourth-order valence-corrected chi connectivity index (χ4v) is 6.72. The van der Waals surface area contributed by atoms with Crippen molar-refractivity contribution in [2.24, 2.45) is 0 Å². The number of aromatic nitrogens is 1. The summed E-state index contributed by atoms with van der Waals surface area (Å²) < 4.78 is 47.2. The highest BCUT2D eigenvalue weighted by Gasteiger charge is 2.52. The van der Waals surface area contributed by atoms with Gasteiger partial charge in [-0.1, -0.05) is 23.7 Å². The lowest BCUT2D eigenvalue weighted by atomic mass is 9.82. The topological polar surface area (TPSA) is 79.7 Å². The lowest BCUT2D eigenvalue weighted by Crippen LogP contribution is -2.61. The highest BCUT2D eigenvalue weighted by atomic mass is 35.5. The maximum Gasteiger partial charge on any atom is 0.511 e. The van der Waals surface area contributed by atoms with Crippen molar-refractivity contribution < 1.29 is 37.1 Å². The highest BCUT2D eigenvalue weighted by molar-refractivity contribution is 6.33. The van der Waals surface area contributed by atoms with E-state index in [9.17, 15) is 27.9 Å². The highest BCUT2D eigenvalue weighted by Crippen LogP contribution is 2.46. The Labute approximate surface area is 240 Å². The predicted molar refractivity (Wildman–Crippen MR) is 147 cm³/mol. The SMILES string of the molecule is C[N+](C(=O)c1c(Cl)cccc1C(F)(F)F)(C1CCN(c2ccncc2)CC1)C1CCCc2ccc(OC(=O)O)cc21. The Bertz CT molecular complexity index is 1440. The first-order valence-electron chi connectivity index (χ1n) is 13.4. The molecule has 216 valence electrons. The van der Waals surface area contributed by atoms with Crippen LogP contribution in [0.15, 0.2) is 60.9 Å². The summed E-state index contributed by atoms with van der Waals surface area (Å²) in [6.45, 7) is 1.21. The number of rotatable bonds is 5. The standard InChI is InChI=1S/C30H29ClF3N3O4/c1-37(21-12-16-36(17-13-21)20-10-14-35-15-11-20,28(38)27-24(30(32,33)34)5-3-6-25(27)31)26-7-2-4-19-8-9-22(18-23(19)26)41-29(39)40/h3,5-6,8-11,14-15,18,21,26H,2,4,7,12-13,16-17H2,1H3/p+1. The van der Waals surface area contributed by atoms with Crippen LogP contribution in [0.25, 0.3) is 0 Å². The van der Waals surface area contributed by atoms with Crippen LogP contribution in [-0.2, 0) is 12.6 Å². The molecule has 1 N–H and O–H groups in total. The lowest BCUT2D eigenvalue weighted by molar-refractivity contribution is -0.888. The summed E-state index contributed by atoms with van der Waals surface area (Å²) >= 11 is 6.37. The summed E-state index contributed by atoms with van der Waals surface area (Å²) in [5.41, 5.74) is 1.02. The number of aryl methyl sites for hydroxylation is 1. The van der Waals surface area contributed by atoms with Crippen LogP contribution in [-0.4, -0.2) is 52.8 Å². The number of carboxylic acid groups (broad SMARTS) is 1. The van der Waals surface area contributed by atoms with Gasteiger partial charge in [0.15, 0.2) is 0 Å². The van der Waals surface area contributed by atoms with E-state index < -0.39 is 35.4 Å². The molecule has 11 heteroatoms. The molecule has 0 spiro atoms. The molecule has 5 rings (SSSR count). The molecule has 0 bridgehead atoms. The van der Waals surface area contributed by atoms with Crippen LogP contribution in [0.2, 0.25) is 5.02 Å². The number of hydrogen-bond acceptors (Lipinski definition) is 5. The number of nitrogens with zero attached hydrogens (tertiary/aromatic N) is 3. The minimum absolute atomic E-state index is 0.100. The molecular weight excluding hydrogens is 559 g/mol. The van der Waals surface area contributed by atoms with Gasteiger partial charge in [0.1, 0.15) is 17.4 Å². The van der Waals surface area contributed by atoms with Crippen LogP contribution < -0.4 is 9.64 Å². The number of quaternary nitrogens is 1.